The Labute approximate surface area is 803 Å². The molecule has 2 amide bonds. The molecule has 8 heterocycles. The average Bonchev–Trinajstić information content (AvgIpc) is 0.839. The number of fused-ring (bicyclic) bond motifs is 4. The standard InChI is InChI=1S/2C52H59ClN6O8S/c2*1-52(2)19-17-38(45(30-52)35-11-13-39(53)14-12-35)32-57-21-23-58(24-22-57)40-15-16-43(49(27-40)67-41-26-37-18-20-54-50(37)55-31-41)51(61)56-68(64,65)42-28-46(59(62)63)44-25-34(33-66-48(44)29-42)7-6-10-47(60)36-8-4-3-5-9-36/h2*11-16,18,20,26-29,31,34,36H,3-10,17,19,21-25,30,32-33H2,1-2H3,(H,54,55)(H,56,61)/t2*34-/m10/s1. The molecule has 4 aromatic heterocycles. The lowest BCUT2D eigenvalue weighted by atomic mass is 9.72. The van der Waals surface area contributed by atoms with Crippen molar-refractivity contribution < 1.29 is 64.8 Å². The number of rotatable bonds is 30. The maximum Gasteiger partial charge on any atom is 0.277 e. The number of sulfonamides is 2. The average molecular weight is 1930 g/mol. The van der Waals surface area contributed by atoms with Gasteiger partial charge in [-0.05, 0) is 220 Å². The first-order valence-corrected chi connectivity index (χ1v) is 51.5. The predicted molar refractivity (Wildman–Crippen MR) is 526 cm³/mol. The molecule has 0 unspecified atom stereocenters. The topological polar surface area (TPSA) is 354 Å². The third kappa shape index (κ3) is 23.3. The number of ether oxygens (including phenoxy) is 4. The number of nitrogens with one attached hydrogen (secondary N) is 4. The molecule has 716 valence electrons. The van der Waals surface area contributed by atoms with Crippen LogP contribution in [0.2, 0.25) is 10.0 Å². The summed E-state index contributed by atoms with van der Waals surface area (Å²) in [4.78, 5) is 101. The minimum atomic E-state index is -4.65. The van der Waals surface area contributed by atoms with Crippen LogP contribution in [0.5, 0.6) is 34.5 Å². The van der Waals surface area contributed by atoms with Crippen molar-refractivity contribution >= 4 is 123 Å². The van der Waals surface area contributed by atoms with E-state index in [-0.39, 0.29) is 81.8 Å². The van der Waals surface area contributed by atoms with E-state index in [9.17, 15) is 56.2 Å². The number of ketones is 2. The molecule has 2 atom stereocenters. The third-order valence-corrected chi connectivity index (χ3v) is 31.7. The number of nitrogens with zero attached hydrogens (tertiary/aromatic N) is 8. The van der Waals surface area contributed by atoms with Gasteiger partial charge in [-0.3, -0.25) is 49.2 Å². The SMILES string of the molecule is CC1(C)CCC(CN2CCN(c3ccc(C(=O)NS(=O)(=O)c4cc5c(c([N+](=O)[O-])c4)C[C@@H](CCCC(=O)C4CCCCC4)CO5)c(Oc4cnc5[nH]ccc5c4)c3)CC2)=C(c2ccc(Cl)cc2)C1.CC1(C)CCC(CN2CCN(c3ccc(C(=O)NS(=O)(=O)c4cc5c(c([N+](=O)[O-])c4)C[C@H](CCCC(=O)C4CCCCC4)CO5)c(Oc4cnc5[nH]ccc5c4)c3)CC2)=C(c2ccc(Cl)cc2)C1. The number of aromatic nitrogens is 4. The highest BCUT2D eigenvalue weighted by Gasteiger charge is 2.39. The number of carbonyl (C=O) groups excluding carboxylic acids is 4. The zero-order valence-corrected chi connectivity index (χ0v) is 80.6. The van der Waals surface area contributed by atoms with E-state index in [1.807, 2.05) is 36.4 Å². The predicted octanol–water partition coefficient (Wildman–Crippen LogP) is 21.4. The molecule has 10 aromatic rings. The van der Waals surface area contributed by atoms with E-state index in [4.69, 9.17) is 42.1 Å². The fourth-order valence-corrected chi connectivity index (χ4v) is 23.1. The minimum Gasteiger partial charge on any atom is -0.493 e. The van der Waals surface area contributed by atoms with Gasteiger partial charge in [0, 0.05) is 171 Å². The second-order valence-corrected chi connectivity index (χ2v) is 43.7. The lowest BCUT2D eigenvalue weighted by molar-refractivity contribution is -0.386. The summed E-state index contributed by atoms with van der Waals surface area (Å²) in [6.45, 7) is 17.6. The number of halogens is 2. The van der Waals surface area contributed by atoms with Gasteiger partial charge in [0.2, 0.25) is 0 Å². The van der Waals surface area contributed by atoms with Crippen LogP contribution in [0.4, 0.5) is 22.7 Å². The van der Waals surface area contributed by atoms with Crippen LogP contribution in [-0.4, -0.2) is 158 Å². The number of piperazine rings is 2. The van der Waals surface area contributed by atoms with Gasteiger partial charge in [0.1, 0.15) is 57.4 Å². The van der Waals surface area contributed by atoms with E-state index in [0.29, 0.717) is 123 Å². The number of carbonyl (C=O) groups is 4. The summed E-state index contributed by atoms with van der Waals surface area (Å²) in [7, 11) is -9.31. The van der Waals surface area contributed by atoms with Gasteiger partial charge in [-0.2, -0.15) is 0 Å². The molecular formula is C104H118Cl2N12O16S2. The molecule has 18 rings (SSSR count). The number of pyridine rings is 2. The number of anilines is 2. The molecule has 32 heteroatoms. The van der Waals surface area contributed by atoms with Crippen LogP contribution in [0.1, 0.15) is 212 Å². The van der Waals surface area contributed by atoms with Crippen molar-refractivity contribution in [1.82, 2.24) is 39.2 Å². The summed E-state index contributed by atoms with van der Waals surface area (Å²) >= 11 is 12.5. The van der Waals surface area contributed by atoms with E-state index in [2.05, 4.69) is 101 Å². The summed E-state index contributed by atoms with van der Waals surface area (Å²) in [5.41, 5.74) is 11.2. The number of hydrogen-bond donors (Lipinski definition) is 4. The number of Topliss-reactive ketones (excluding diaryl/α,β-unsaturated/α-hetero) is 2. The molecule has 28 nitrogen and oxygen atoms in total. The first-order valence-electron chi connectivity index (χ1n) is 47.8. The molecule has 0 bridgehead atoms. The number of nitro groups is 2. The highest BCUT2D eigenvalue weighted by molar-refractivity contribution is 7.90. The largest absolute Gasteiger partial charge is 0.493 e. The Morgan fingerprint density at radius 1 is 0.507 bits per heavy atom. The van der Waals surface area contributed by atoms with E-state index in [0.717, 1.165) is 173 Å². The van der Waals surface area contributed by atoms with Crippen LogP contribution < -0.4 is 38.2 Å². The summed E-state index contributed by atoms with van der Waals surface area (Å²) in [6.07, 6.45) is 27.6. The molecular weight excluding hydrogens is 1810 g/mol. The number of H-pyrrole nitrogens is 2. The Hall–Kier alpha value is -11.5. The van der Waals surface area contributed by atoms with Gasteiger partial charge in [0.05, 0.1) is 67.5 Å². The molecule has 2 saturated carbocycles. The molecule has 4 fully saturated rings. The Morgan fingerprint density at radius 3 is 1.28 bits per heavy atom. The summed E-state index contributed by atoms with van der Waals surface area (Å²) in [6, 6.07) is 38.1. The van der Waals surface area contributed by atoms with E-state index >= 15 is 0 Å². The second kappa shape index (κ2) is 41.8. The number of allylic oxidation sites excluding steroid dienone is 2. The highest BCUT2D eigenvalue weighted by Crippen LogP contribution is 2.48. The number of amides is 2. The van der Waals surface area contributed by atoms with Crippen molar-refractivity contribution in [1.29, 1.82) is 0 Å². The number of aromatic amines is 2. The van der Waals surface area contributed by atoms with Crippen LogP contribution in [0.3, 0.4) is 0 Å². The summed E-state index contributed by atoms with van der Waals surface area (Å²) in [5.74, 6) is -0.147. The number of nitro benzene ring substituents is 2. The number of hydrogen-bond acceptors (Lipinski definition) is 22. The molecule has 0 spiro atoms. The Bertz CT molecular complexity index is 6080. The van der Waals surface area contributed by atoms with Gasteiger partial charge in [-0.25, -0.2) is 36.2 Å². The van der Waals surface area contributed by atoms with Crippen LogP contribution in [0.25, 0.3) is 33.2 Å². The van der Waals surface area contributed by atoms with Gasteiger partial charge >= 0.3 is 0 Å². The van der Waals surface area contributed by atoms with Crippen molar-refractivity contribution in [2.75, 3.05) is 88.5 Å². The molecule has 6 aromatic carbocycles. The highest BCUT2D eigenvalue weighted by atomic mass is 35.5. The quantitative estimate of drug-likeness (QED) is 0.0240. The lowest BCUT2D eigenvalue weighted by Crippen LogP contribution is -2.47. The van der Waals surface area contributed by atoms with Crippen molar-refractivity contribution in [2.45, 2.75) is 192 Å². The van der Waals surface area contributed by atoms with Gasteiger partial charge in [-0.15, -0.1) is 0 Å². The van der Waals surface area contributed by atoms with Gasteiger partial charge in [0.15, 0.2) is 0 Å². The van der Waals surface area contributed by atoms with Crippen molar-refractivity contribution in [3.63, 3.8) is 0 Å². The molecule has 0 radical (unpaired) electrons. The van der Waals surface area contributed by atoms with Crippen molar-refractivity contribution in [3.05, 3.63) is 233 Å². The number of benzene rings is 6. The van der Waals surface area contributed by atoms with Gasteiger partial charge in [0.25, 0.3) is 43.2 Å². The van der Waals surface area contributed by atoms with E-state index < -0.39 is 62.9 Å². The van der Waals surface area contributed by atoms with Crippen molar-refractivity contribution in [3.8, 4) is 34.5 Å². The fraction of sp³-hybridized carbons (Fsp3) is 0.442. The molecule has 8 aliphatic rings. The van der Waals surface area contributed by atoms with Crippen LogP contribution >= 0.6 is 23.2 Å². The van der Waals surface area contributed by atoms with Crippen LogP contribution in [0.15, 0.2) is 179 Å². The van der Waals surface area contributed by atoms with Gasteiger partial charge in [-0.1, -0.05) is 125 Å². The fourth-order valence-electron chi connectivity index (χ4n) is 20.8. The smallest absolute Gasteiger partial charge is 0.277 e. The summed E-state index contributed by atoms with van der Waals surface area (Å²) < 4.78 is 84.9. The zero-order valence-electron chi connectivity index (χ0n) is 77.5. The van der Waals surface area contributed by atoms with Crippen LogP contribution in [-0.2, 0) is 42.5 Å². The normalized spacial score (nSPS) is 19.0. The monoisotopic (exact) mass is 1920 g/mol. The Kier molecular flexibility index (Phi) is 29.6. The Morgan fingerprint density at radius 2 is 0.897 bits per heavy atom. The lowest BCUT2D eigenvalue weighted by Gasteiger charge is -2.39. The first-order chi connectivity index (χ1) is 65.3. The molecule has 136 heavy (non-hydrogen) atoms. The summed E-state index contributed by atoms with van der Waals surface area (Å²) in [5, 5.41) is 27.9. The molecule has 2 saturated heterocycles. The van der Waals surface area contributed by atoms with E-state index in [1.165, 1.54) is 70.8 Å². The van der Waals surface area contributed by atoms with Crippen LogP contribution in [0, 0.1) is 54.7 Å². The van der Waals surface area contributed by atoms with Crippen molar-refractivity contribution in [2.24, 2.45) is 34.5 Å². The third-order valence-electron chi connectivity index (χ3n) is 28.6. The maximum absolute atomic E-state index is 14.1. The Balaban J connectivity index is 0.000000189. The van der Waals surface area contributed by atoms with Gasteiger partial charge < -0.3 is 38.7 Å². The zero-order chi connectivity index (χ0) is 95.2. The molecule has 4 N–H and O–H groups in total. The molecule has 4 aliphatic heterocycles. The maximum atomic E-state index is 14.1. The first kappa shape index (κ1) is 96.2. The minimum absolute atomic E-state index is 0.0551. The molecule has 4 aliphatic carbocycles. The van der Waals surface area contributed by atoms with E-state index in [1.54, 1.807) is 60.9 Å². The second-order valence-electron chi connectivity index (χ2n) is 39.5.